The van der Waals surface area contributed by atoms with Crippen molar-refractivity contribution < 1.29 is 5.11 Å². The average Bonchev–Trinajstić information content (AvgIpc) is 2.99. The highest BCUT2D eigenvalue weighted by Gasteiger charge is 2.34. The second-order valence-electron chi connectivity index (χ2n) is 7.00. The molecule has 1 atom stereocenters. The van der Waals surface area contributed by atoms with Crippen molar-refractivity contribution in [2.24, 2.45) is 5.41 Å². The van der Waals surface area contributed by atoms with Gasteiger partial charge in [-0.2, -0.15) is 5.10 Å². The van der Waals surface area contributed by atoms with Gasteiger partial charge in [-0.3, -0.25) is 10.00 Å². The number of hydrogen-bond donors (Lipinski definition) is 2. The van der Waals surface area contributed by atoms with Crippen LogP contribution in [0, 0.1) is 12.3 Å². The molecule has 3 rings (SSSR count). The minimum Gasteiger partial charge on any atom is -0.396 e. The van der Waals surface area contributed by atoms with E-state index in [1.807, 2.05) is 6.92 Å². The number of piperidine rings is 1. The van der Waals surface area contributed by atoms with Crippen molar-refractivity contribution in [3.8, 4) is 0 Å². The van der Waals surface area contributed by atoms with Crippen molar-refractivity contribution in [3.05, 3.63) is 53.3 Å². The van der Waals surface area contributed by atoms with E-state index in [2.05, 4.69) is 51.5 Å². The molecule has 0 spiro atoms. The van der Waals surface area contributed by atoms with Crippen LogP contribution in [-0.2, 0) is 13.0 Å². The lowest BCUT2D eigenvalue weighted by molar-refractivity contribution is 0.0219. The summed E-state index contributed by atoms with van der Waals surface area (Å²) < 4.78 is 0. The Morgan fingerprint density at radius 3 is 2.83 bits per heavy atom. The molecule has 124 valence electrons. The summed E-state index contributed by atoms with van der Waals surface area (Å²) in [4.78, 5) is 2.44. The second kappa shape index (κ2) is 7.28. The van der Waals surface area contributed by atoms with E-state index >= 15 is 0 Å². The fourth-order valence-electron chi connectivity index (χ4n) is 3.70. The maximum absolute atomic E-state index is 10.1. The lowest BCUT2D eigenvalue weighted by atomic mass is 9.76. The van der Waals surface area contributed by atoms with E-state index in [0.717, 1.165) is 56.7 Å². The molecule has 1 aliphatic rings. The number of likely N-dealkylation sites (tertiary alicyclic amines) is 1. The second-order valence-corrected chi connectivity index (χ2v) is 7.00. The van der Waals surface area contributed by atoms with Gasteiger partial charge in [0.15, 0.2) is 0 Å². The Hall–Kier alpha value is -1.65. The number of aromatic nitrogens is 2. The summed E-state index contributed by atoms with van der Waals surface area (Å²) in [5, 5.41) is 17.4. The number of hydrogen-bond acceptors (Lipinski definition) is 3. The molecule has 4 nitrogen and oxygen atoms in total. The lowest BCUT2D eigenvalue weighted by Gasteiger charge is -2.42. The van der Waals surface area contributed by atoms with Crippen molar-refractivity contribution in [1.82, 2.24) is 15.1 Å². The zero-order valence-electron chi connectivity index (χ0n) is 14.0. The molecule has 4 heteroatoms. The van der Waals surface area contributed by atoms with Gasteiger partial charge in [0.1, 0.15) is 0 Å². The zero-order chi connectivity index (χ0) is 16.1. The number of benzene rings is 1. The molecule has 2 aromatic rings. The Morgan fingerprint density at radius 2 is 2.13 bits per heavy atom. The fraction of sp³-hybridized carbons (Fsp3) is 0.526. The summed E-state index contributed by atoms with van der Waals surface area (Å²) in [6.07, 6.45) is 4.35. The highest BCUT2D eigenvalue weighted by Crippen LogP contribution is 2.34. The molecule has 2 heterocycles. The molecule has 0 saturated carbocycles. The number of aryl methyl sites for hydroxylation is 2. The number of nitrogens with one attached hydrogen (secondary N) is 1. The molecule has 0 unspecified atom stereocenters. The summed E-state index contributed by atoms with van der Waals surface area (Å²) in [6.45, 7) is 5.24. The quantitative estimate of drug-likeness (QED) is 0.862. The molecular weight excluding hydrogens is 286 g/mol. The van der Waals surface area contributed by atoms with Gasteiger partial charge in [0, 0.05) is 30.8 Å². The number of H-pyrrole nitrogens is 1. The number of rotatable bonds is 6. The van der Waals surface area contributed by atoms with E-state index in [9.17, 15) is 5.11 Å². The van der Waals surface area contributed by atoms with Gasteiger partial charge < -0.3 is 5.11 Å². The lowest BCUT2D eigenvalue weighted by Crippen LogP contribution is -2.45. The summed E-state index contributed by atoms with van der Waals surface area (Å²) in [6, 6.07) is 12.7. The van der Waals surface area contributed by atoms with E-state index in [1.165, 1.54) is 5.56 Å². The standard InChI is InChI=1S/C19H27N3O/c1-16-12-18(21-20-16)13-22-11-5-9-19(14-22,15-23)10-8-17-6-3-2-4-7-17/h2-4,6-7,12,23H,5,8-11,13-15H2,1H3,(H,20,21)/t19-/m0/s1. The van der Waals surface area contributed by atoms with Crippen LogP contribution in [0.1, 0.15) is 36.2 Å². The molecule has 1 aromatic heterocycles. The van der Waals surface area contributed by atoms with Gasteiger partial charge in [-0.05, 0) is 50.8 Å². The molecular formula is C19H27N3O. The largest absolute Gasteiger partial charge is 0.396 e. The van der Waals surface area contributed by atoms with Crippen molar-refractivity contribution in [2.75, 3.05) is 19.7 Å². The number of nitrogens with zero attached hydrogens (tertiary/aromatic N) is 2. The molecule has 0 aliphatic carbocycles. The Bertz CT molecular complexity index is 610. The van der Waals surface area contributed by atoms with Crippen LogP contribution in [0.5, 0.6) is 0 Å². The van der Waals surface area contributed by atoms with Gasteiger partial charge in [-0.1, -0.05) is 30.3 Å². The highest BCUT2D eigenvalue weighted by molar-refractivity contribution is 5.15. The first-order valence-corrected chi connectivity index (χ1v) is 8.57. The number of aromatic amines is 1. The van der Waals surface area contributed by atoms with Gasteiger partial charge in [0.05, 0.1) is 5.69 Å². The van der Waals surface area contributed by atoms with Crippen molar-refractivity contribution in [3.63, 3.8) is 0 Å². The molecule has 1 saturated heterocycles. The van der Waals surface area contributed by atoms with E-state index in [1.54, 1.807) is 0 Å². The van der Waals surface area contributed by atoms with E-state index < -0.39 is 0 Å². The van der Waals surface area contributed by atoms with Gasteiger partial charge in [-0.25, -0.2) is 0 Å². The molecule has 0 bridgehead atoms. The van der Waals surface area contributed by atoms with Crippen molar-refractivity contribution in [2.45, 2.75) is 39.2 Å². The van der Waals surface area contributed by atoms with E-state index in [0.29, 0.717) is 0 Å². The normalized spacial score (nSPS) is 22.3. The predicted molar refractivity (Wildman–Crippen MR) is 92.1 cm³/mol. The third kappa shape index (κ3) is 4.21. The maximum Gasteiger partial charge on any atom is 0.0765 e. The molecule has 23 heavy (non-hydrogen) atoms. The van der Waals surface area contributed by atoms with Crippen LogP contribution >= 0.6 is 0 Å². The molecule has 2 N–H and O–H groups in total. The summed E-state index contributed by atoms with van der Waals surface area (Å²) >= 11 is 0. The van der Waals surface area contributed by atoms with Gasteiger partial charge >= 0.3 is 0 Å². The Labute approximate surface area is 138 Å². The van der Waals surface area contributed by atoms with Crippen LogP contribution in [0.2, 0.25) is 0 Å². The number of aliphatic hydroxyl groups is 1. The minimum absolute atomic E-state index is 0.0272. The monoisotopic (exact) mass is 313 g/mol. The third-order valence-corrected chi connectivity index (χ3v) is 5.01. The molecule has 1 aliphatic heterocycles. The SMILES string of the molecule is Cc1cc(CN2CCC[C@](CO)(CCc3ccccc3)C2)n[nH]1. The molecule has 0 radical (unpaired) electrons. The Kier molecular flexibility index (Phi) is 5.13. The Morgan fingerprint density at radius 1 is 1.30 bits per heavy atom. The summed E-state index contributed by atoms with van der Waals surface area (Å²) in [5.74, 6) is 0. The highest BCUT2D eigenvalue weighted by atomic mass is 16.3. The predicted octanol–water partition coefficient (Wildman–Crippen LogP) is 2.93. The molecule has 1 fully saturated rings. The van der Waals surface area contributed by atoms with E-state index in [4.69, 9.17) is 0 Å². The maximum atomic E-state index is 10.1. The smallest absolute Gasteiger partial charge is 0.0765 e. The first-order chi connectivity index (χ1) is 11.2. The van der Waals surface area contributed by atoms with E-state index in [-0.39, 0.29) is 12.0 Å². The molecule has 1 aromatic carbocycles. The first kappa shape index (κ1) is 16.2. The summed E-state index contributed by atoms with van der Waals surface area (Å²) in [5.41, 5.74) is 3.59. The first-order valence-electron chi connectivity index (χ1n) is 8.57. The van der Waals surface area contributed by atoms with Gasteiger partial charge in [0.2, 0.25) is 0 Å². The van der Waals surface area contributed by atoms with Crippen LogP contribution in [0.15, 0.2) is 36.4 Å². The fourth-order valence-corrected chi connectivity index (χ4v) is 3.70. The van der Waals surface area contributed by atoms with Crippen molar-refractivity contribution >= 4 is 0 Å². The molecule has 0 amide bonds. The van der Waals surface area contributed by atoms with Crippen LogP contribution in [0.4, 0.5) is 0 Å². The van der Waals surface area contributed by atoms with Crippen LogP contribution < -0.4 is 0 Å². The van der Waals surface area contributed by atoms with Gasteiger partial charge in [-0.15, -0.1) is 0 Å². The van der Waals surface area contributed by atoms with Crippen LogP contribution in [0.3, 0.4) is 0 Å². The zero-order valence-corrected chi connectivity index (χ0v) is 14.0. The summed E-state index contributed by atoms with van der Waals surface area (Å²) in [7, 11) is 0. The third-order valence-electron chi connectivity index (χ3n) is 5.01. The topological polar surface area (TPSA) is 52.1 Å². The minimum atomic E-state index is 0.0272. The van der Waals surface area contributed by atoms with Crippen LogP contribution in [-0.4, -0.2) is 39.9 Å². The number of aliphatic hydroxyl groups excluding tert-OH is 1. The Balaban J connectivity index is 1.61. The van der Waals surface area contributed by atoms with Crippen LogP contribution in [0.25, 0.3) is 0 Å². The van der Waals surface area contributed by atoms with Gasteiger partial charge in [0.25, 0.3) is 0 Å². The van der Waals surface area contributed by atoms with Crippen molar-refractivity contribution in [1.29, 1.82) is 0 Å². The average molecular weight is 313 g/mol.